The van der Waals surface area contributed by atoms with Crippen LogP contribution in [0.25, 0.3) is 0 Å². The molecule has 4 nitrogen and oxygen atoms in total. The van der Waals surface area contributed by atoms with E-state index < -0.39 is 0 Å². The van der Waals surface area contributed by atoms with Gasteiger partial charge in [0.25, 0.3) is 0 Å². The van der Waals surface area contributed by atoms with Crippen molar-refractivity contribution in [3.63, 3.8) is 0 Å². The van der Waals surface area contributed by atoms with Crippen LogP contribution in [0.1, 0.15) is 26.5 Å². The molecule has 2 atom stereocenters. The van der Waals surface area contributed by atoms with E-state index >= 15 is 0 Å². The van der Waals surface area contributed by atoms with Gasteiger partial charge in [-0.1, -0.05) is 0 Å². The van der Waals surface area contributed by atoms with Crippen LogP contribution in [0.15, 0.2) is 18.6 Å². The molecule has 0 aliphatic rings. The quantitative estimate of drug-likeness (QED) is 0.737. The predicted molar refractivity (Wildman–Crippen MR) is 64.0 cm³/mol. The molecule has 5 heteroatoms. The van der Waals surface area contributed by atoms with Crippen molar-refractivity contribution in [3.8, 4) is 0 Å². The van der Waals surface area contributed by atoms with Gasteiger partial charge in [-0.3, -0.25) is 4.79 Å². The van der Waals surface area contributed by atoms with E-state index in [1.54, 1.807) is 18.0 Å². The lowest BCUT2D eigenvalue weighted by Gasteiger charge is -2.18. The first kappa shape index (κ1) is 13.0. The Morgan fingerprint density at radius 2 is 2.31 bits per heavy atom. The summed E-state index contributed by atoms with van der Waals surface area (Å²) in [5.41, 5.74) is 0.988. The Morgan fingerprint density at radius 1 is 1.56 bits per heavy atom. The number of hydrogen-bond donors (Lipinski definition) is 0. The molecule has 0 radical (unpaired) electrons. The van der Waals surface area contributed by atoms with E-state index in [9.17, 15) is 4.79 Å². The predicted octanol–water partition coefficient (Wildman–Crippen LogP) is 2.05. The van der Waals surface area contributed by atoms with E-state index in [1.165, 1.54) is 13.3 Å². The molecular formula is C11H16N2O2S. The molecule has 1 aromatic heterocycles. The summed E-state index contributed by atoms with van der Waals surface area (Å²) in [4.78, 5) is 18.8. The fourth-order valence-electron chi connectivity index (χ4n) is 1.11. The summed E-state index contributed by atoms with van der Waals surface area (Å²) in [7, 11) is 0. The van der Waals surface area contributed by atoms with E-state index in [-0.39, 0.29) is 17.3 Å². The number of nitrogens with zero attached hydrogens (tertiary/aromatic N) is 2. The molecule has 0 amide bonds. The zero-order valence-electron chi connectivity index (χ0n) is 9.71. The van der Waals surface area contributed by atoms with Gasteiger partial charge in [0.1, 0.15) is 12.4 Å². The second-order valence-electron chi connectivity index (χ2n) is 3.53. The number of carbonyl (C=O) groups is 1. The van der Waals surface area contributed by atoms with Gasteiger partial charge < -0.3 is 4.74 Å². The van der Waals surface area contributed by atoms with E-state index in [2.05, 4.69) is 9.97 Å². The first-order chi connectivity index (χ1) is 7.59. The number of rotatable bonds is 5. The lowest BCUT2D eigenvalue weighted by molar-refractivity contribution is -0.145. The number of thioether (sulfide) groups is 1. The zero-order chi connectivity index (χ0) is 12.0. The van der Waals surface area contributed by atoms with Gasteiger partial charge in [0, 0.05) is 24.1 Å². The van der Waals surface area contributed by atoms with Gasteiger partial charge in [-0.05, 0) is 19.9 Å². The van der Waals surface area contributed by atoms with Crippen LogP contribution in [0.2, 0.25) is 0 Å². The highest BCUT2D eigenvalue weighted by molar-refractivity contribution is 7.99. The Labute approximate surface area is 99.8 Å². The highest BCUT2D eigenvalue weighted by Gasteiger charge is 2.15. The van der Waals surface area contributed by atoms with Crippen LogP contribution in [0, 0.1) is 0 Å². The Hall–Kier alpha value is -1.10. The molecule has 1 aromatic rings. The maximum absolute atomic E-state index is 10.8. The number of esters is 1. The summed E-state index contributed by atoms with van der Waals surface area (Å²) in [5.74, 6) is 0.567. The third-order valence-corrected chi connectivity index (χ3v) is 3.52. The highest BCUT2D eigenvalue weighted by atomic mass is 32.2. The topological polar surface area (TPSA) is 52.1 Å². The summed E-state index contributed by atoms with van der Waals surface area (Å²) in [5, 5.41) is 0.249. The summed E-state index contributed by atoms with van der Waals surface area (Å²) in [6.45, 7) is 5.37. The third-order valence-electron chi connectivity index (χ3n) is 2.15. The molecule has 0 aliphatic carbocycles. The molecule has 0 bridgehead atoms. The minimum Gasteiger partial charge on any atom is -0.462 e. The van der Waals surface area contributed by atoms with Crippen LogP contribution in [-0.4, -0.2) is 27.3 Å². The summed E-state index contributed by atoms with van der Waals surface area (Å²) < 4.78 is 5.11. The van der Waals surface area contributed by atoms with Crippen molar-refractivity contribution in [2.75, 3.05) is 0 Å². The van der Waals surface area contributed by atoms with Gasteiger partial charge in [-0.25, -0.2) is 9.97 Å². The normalized spacial score (nSPS) is 14.2. The smallest absolute Gasteiger partial charge is 0.302 e. The first-order valence-corrected chi connectivity index (χ1v) is 6.18. The van der Waals surface area contributed by atoms with Crippen LogP contribution >= 0.6 is 11.8 Å². The zero-order valence-corrected chi connectivity index (χ0v) is 10.5. The molecule has 88 valence electrons. The van der Waals surface area contributed by atoms with Crippen LogP contribution in [0.5, 0.6) is 0 Å². The molecule has 0 aliphatic heterocycles. The molecule has 1 rings (SSSR count). The summed E-state index contributed by atoms with van der Waals surface area (Å²) in [6.07, 6.45) is 3.18. The van der Waals surface area contributed by atoms with Crippen LogP contribution in [-0.2, 0) is 15.3 Å². The van der Waals surface area contributed by atoms with Gasteiger partial charge in [0.15, 0.2) is 0 Å². The van der Waals surface area contributed by atoms with Crippen molar-refractivity contribution < 1.29 is 9.53 Å². The number of carbonyl (C=O) groups excluding carboxylic acids is 1. The molecule has 0 spiro atoms. The molecular weight excluding hydrogens is 224 g/mol. The molecule has 0 fully saturated rings. The lowest BCUT2D eigenvalue weighted by Crippen LogP contribution is -2.22. The molecule has 16 heavy (non-hydrogen) atoms. The van der Waals surface area contributed by atoms with E-state index in [1.807, 2.05) is 19.9 Å². The monoisotopic (exact) mass is 240 g/mol. The van der Waals surface area contributed by atoms with E-state index in [0.29, 0.717) is 0 Å². The number of hydrogen-bond acceptors (Lipinski definition) is 5. The third kappa shape index (κ3) is 4.61. The largest absolute Gasteiger partial charge is 0.462 e. The molecule has 2 unspecified atom stereocenters. The van der Waals surface area contributed by atoms with E-state index in [0.717, 1.165) is 11.4 Å². The maximum atomic E-state index is 10.8. The van der Waals surface area contributed by atoms with Crippen LogP contribution in [0.3, 0.4) is 0 Å². The van der Waals surface area contributed by atoms with Gasteiger partial charge in [-0.2, -0.15) is 0 Å². The van der Waals surface area contributed by atoms with Crippen molar-refractivity contribution in [3.05, 3.63) is 24.3 Å². The Balaban J connectivity index is 2.35. The second kappa shape index (κ2) is 6.48. The van der Waals surface area contributed by atoms with Crippen LogP contribution < -0.4 is 0 Å². The molecule has 0 aromatic carbocycles. The average molecular weight is 240 g/mol. The van der Waals surface area contributed by atoms with E-state index in [4.69, 9.17) is 4.74 Å². The number of ether oxygens (including phenoxy) is 1. The minimum atomic E-state index is -0.234. The van der Waals surface area contributed by atoms with Gasteiger partial charge >= 0.3 is 5.97 Å². The van der Waals surface area contributed by atoms with Crippen molar-refractivity contribution >= 4 is 17.7 Å². The Bertz CT molecular complexity index is 332. The molecule has 0 N–H and O–H groups in total. The second-order valence-corrected chi connectivity index (χ2v) is 4.90. The van der Waals surface area contributed by atoms with Crippen molar-refractivity contribution in [2.24, 2.45) is 0 Å². The fraction of sp³-hybridized carbons (Fsp3) is 0.545. The molecule has 0 saturated carbocycles. The Kier molecular flexibility index (Phi) is 5.25. The lowest BCUT2D eigenvalue weighted by atomic mass is 10.3. The number of aromatic nitrogens is 2. The maximum Gasteiger partial charge on any atom is 0.302 e. The fourth-order valence-corrected chi connectivity index (χ4v) is 2.04. The van der Waals surface area contributed by atoms with Crippen molar-refractivity contribution in [2.45, 2.75) is 37.9 Å². The van der Waals surface area contributed by atoms with Crippen molar-refractivity contribution in [1.82, 2.24) is 9.97 Å². The summed E-state index contributed by atoms with van der Waals surface area (Å²) in [6, 6.07) is 1.89. The minimum absolute atomic E-state index is 0.0793. The summed E-state index contributed by atoms with van der Waals surface area (Å²) >= 11 is 1.71. The van der Waals surface area contributed by atoms with Gasteiger partial charge in [0.05, 0.1) is 5.69 Å². The highest BCUT2D eigenvalue weighted by Crippen LogP contribution is 2.20. The van der Waals surface area contributed by atoms with Gasteiger partial charge in [-0.15, -0.1) is 11.8 Å². The molecule has 0 saturated heterocycles. The Morgan fingerprint density at radius 3 is 2.88 bits per heavy atom. The van der Waals surface area contributed by atoms with Crippen LogP contribution in [0.4, 0.5) is 0 Å². The first-order valence-electron chi connectivity index (χ1n) is 5.13. The van der Waals surface area contributed by atoms with Gasteiger partial charge in [0.2, 0.25) is 0 Å². The standard InChI is InChI=1S/C11H16N2O2S/c1-8(15-10(3)14)9(2)16-6-11-4-5-12-7-13-11/h4-5,7-9H,6H2,1-3H3. The molecule has 1 heterocycles. The SMILES string of the molecule is CC(=O)OC(C)C(C)SCc1ccncn1. The van der Waals surface area contributed by atoms with Crippen molar-refractivity contribution in [1.29, 1.82) is 0 Å². The average Bonchev–Trinajstić information content (AvgIpc) is 2.26.